The van der Waals surface area contributed by atoms with Gasteiger partial charge in [-0.05, 0) is 13.0 Å². The van der Waals surface area contributed by atoms with Gasteiger partial charge in [0.2, 0.25) is 5.91 Å². The van der Waals surface area contributed by atoms with Gasteiger partial charge in [0.25, 0.3) is 5.69 Å². The number of piperazine rings is 1. The normalized spacial score (nSPS) is 19.4. The van der Waals surface area contributed by atoms with Crippen molar-refractivity contribution in [3.63, 3.8) is 0 Å². The minimum Gasteiger partial charge on any atom is -0.486 e. The number of carbonyl (C=O) groups excluding carboxylic acids is 1. The summed E-state index contributed by atoms with van der Waals surface area (Å²) < 4.78 is 10.8. The van der Waals surface area contributed by atoms with E-state index >= 15 is 0 Å². The van der Waals surface area contributed by atoms with Crippen molar-refractivity contribution in [3.05, 3.63) is 27.8 Å². The fourth-order valence-corrected chi connectivity index (χ4v) is 2.91. The Morgan fingerprint density at radius 2 is 2.04 bits per heavy atom. The second kappa shape index (κ2) is 7.67. The van der Waals surface area contributed by atoms with Crippen LogP contribution in [0.25, 0.3) is 0 Å². The summed E-state index contributed by atoms with van der Waals surface area (Å²) in [5.41, 5.74) is 0.250. The predicted octanol–water partition coefficient (Wildman–Crippen LogP) is 1.15. The molecule has 9 heteroatoms. The van der Waals surface area contributed by atoms with Gasteiger partial charge in [0, 0.05) is 31.2 Å². The minimum atomic E-state index is -0.484. The van der Waals surface area contributed by atoms with Gasteiger partial charge >= 0.3 is 0 Å². The molecule has 0 bridgehead atoms. The van der Waals surface area contributed by atoms with E-state index in [1.807, 2.05) is 6.92 Å². The number of nitro groups is 1. The fraction of sp³-hybridized carbons (Fsp3) is 0.533. The van der Waals surface area contributed by atoms with Gasteiger partial charge < -0.3 is 19.7 Å². The van der Waals surface area contributed by atoms with Crippen molar-refractivity contribution in [2.24, 2.45) is 0 Å². The molecule has 0 aromatic heterocycles. The molecule has 2 aliphatic rings. The van der Waals surface area contributed by atoms with Crippen LogP contribution in [0.5, 0.6) is 11.5 Å². The summed E-state index contributed by atoms with van der Waals surface area (Å²) >= 11 is 0. The van der Waals surface area contributed by atoms with Crippen molar-refractivity contribution in [2.75, 3.05) is 32.8 Å². The lowest BCUT2D eigenvalue weighted by atomic mass is 10.1. The first-order chi connectivity index (χ1) is 11.1. The summed E-state index contributed by atoms with van der Waals surface area (Å²) in [5.74, 6) is 0.700. The van der Waals surface area contributed by atoms with Crippen LogP contribution in [0.1, 0.15) is 12.5 Å². The molecule has 0 spiro atoms. The Labute approximate surface area is 145 Å². The number of nitro benzene ring substituents is 1. The second-order valence-corrected chi connectivity index (χ2v) is 5.70. The first kappa shape index (κ1) is 18.3. The van der Waals surface area contributed by atoms with E-state index in [0.717, 1.165) is 13.1 Å². The van der Waals surface area contributed by atoms with Crippen LogP contribution in [0.3, 0.4) is 0 Å². The maximum atomic E-state index is 12.5. The van der Waals surface area contributed by atoms with Crippen LogP contribution in [0.4, 0.5) is 5.69 Å². The molecule has 3 rings (SSSR count). The Morgan fingerprint density at radius 1 is 1.38 bits per heavy atom. The molecule has 0 unspecified atom stereocenters. The molecule has 1 amide bonds. The van der Waals surface area contributed by atoms with Crippen molar-refractivity contribution in [1.82, 2.24) is 10.2 Å². The SMILES string of the molecule is C[C@H]1CNCCN1C(=O)Cc1cc2c(cc1[N+](=O)[O-])OCCO2.Cl. The number of carbonyl (C=O) groups is 1. The third-order valence-corrected chi connectivity index (χ3v) is 4.10. The zero-order valence-electron chi connectivity index (χ0n) is 13.3. The third kappa shape index (κ3) is 3.70. The van der Waals surface area contributed by atoms with E-state index in [9.17, 15) is 14.9 Å². The molecule has 1 fully saturated rings. The molecular weight excluding hydrogens is 338 g/mol. The van der Waals surface area contributed by atoms with Crippen LogP contribution >= 0.6 is 12.4 Å². The van der Waals surface area contributed by atoms with E-state index < -0.39 is 4.92 Å². The first-order valence-electron chi connectivity index (χ1n) is 7.63. The van der Waals surface area contributed by atoms with E-state index in [1.165, 1.54) is 6.07 Å². The number of rotatable bonds is 3. The lowest BCUT2D eigenvalue weighted by Gasteiger charge is -2.34. The van der Waals surface area contributed by atoms with Gasteiger partial charge in [0.05, 0.1) is 17.4 Å². The first-order valence-corrected chi connectivity index (χ1v) is 7.63. The highest BCUT2D eigenvalue weighted by atomic mass is 35.5. The van der Waals surface area contributed by atoms with E-state index in [1.54, 1.807) is 11.0 Å². The zero-order valence-corrected chi connectivity index (χ0v) is 14.1. The van der Waals surface area contributed by atoms with Crippen LogP contribution in [-0.2, 0) is 11.2 Å². The smallest absolute Gasteiger partial charge is 0.277 e. The molecule has 1 saturated heterocycles. The molecule has 1 aromatic carbocycles. The van der Waals surface area contributed by atoms with E-state index in [2.05, 4.69) is 5.32 Å². The largest absolute Gasteiger partial charge is 0.486 e. The van der Waals surface area contributed by atoms with Crippen LogP contribution in [-0.4, -0.2) is 54.6 Å². The average Bonchev–Trinajstić information content (AvgIpc) is 2.54. The number of ether oxygens (including phenoxy) is 2. The summed E-state index contributed by atoms with van der Waals surface area (Å²) in [5, 5.41) is 14.5. The quantitative estimate of drug-likeness (QED) is 0.644. The van der Waals surface area contributed by atoms with E-state index in [-0.39, 0.29) is 36.5 Å². The molecule has 0 aliphatic carbocycles. The summed E-state index contributed by atoms with van der Waals surface area (Å²) in [7, 11) is 0. The van der Waals surface area contributed by atoms with Crippen LogP contribution in [0.15, 0.2) is 12.1 Å². The average molecular weight is 358 g/mol. The Morgan fingerprint density at radius 3 is 2.67 bits per heavy atom. The van der Waals surface area contributed by atoms with Crippen molar-refractivity contribution in [3.8, 4) is 11.5 Å². The molecular formula is C15H20ClN3O5. The van der Waals surface area contributed by atoms with Gasteiger partial charge in [-0.1, -0.05) is 0 Å². The minimum absolute atomic E-state index is 0. The zero-order chi connectivity index (χ0) is 16.4. The molecule has 1 N–H and O–H groups in total. The summed E-state index contributed by atoms with van der Waals surface area (Å²) in [6, 6.07) is 2.97. The number of hydrogen-bond acceptors (Lipinski definition) is 6. The van der Waals surface area contributed by atoms with Gasteiger partial charge in [0.15, 0.2) is 11.5 Å². The predicted molar refractivity (Wildman–Crippen MR) is 89.1 cm³/mol. The van der Waals surface area contributed by atoms with E-state index in [0.29, 0.717) is 36.8 Å². The van der Waals surface area contributed by atoms with Crippen molar-refractivity contribution < 1.29 is 19.2 Å². The van der Waals surface area contributed by atoms with E-state index in [4.69, 9.17) is 9.47 Å². The number of benzene rings is 1. The monoisotopic (exact) mass is 357 g/mol. The number of amides is 1. The lowest BCUT2D eigenvalue weighted by Crippen LogP contribution is -2.52. The number of fused-ring (bicyclic) bond motifs is 1. The summed E-state index contributed by atoms with van der Waals surface area (Å²) in [4.78, 5) is 25.1. The van der Waals surface area contributed by atoms with Crippen LogP contribution in [0, 0.1) is 10.1 Å². The van der Waals surface area contributed by atoms with Gasteiger partial charge in [0.1, 0.15) is 13.2 Å². The number of nitrogens with one attached hydrogen (secondary N) is 1. The molecule has 1 aromatic rings. The Kier molecular flexibility index (Phi) is 5.84. The highest BCUT2D eigenvalue weighted by Crippen LogP contribution is 2.37. The molecule has 0 saturated carbocycles. The van der Waals surface area contributed by atoms with Crippen molar-refractivity contribution in [1.29, 1.82) is 0 Å². The third-order valence-electron chi connectivity index (χ3n) is 4.10. The highest BCUT2D eigenvalue weighted by Gasteiger charge is 2.27. The van der Waals surface area contributed by atoms with Gasteiger partial charge in [-0.15, -0.1) is 12.4 Å². The molecule has 0 radical (unpaired) electrons. The Balaban J connectivity index is 0.00000208. The molecule has 2 aliphatic heterocycles. The maximum Gasteiger partial charge on any atom is 0.277 e. The van der Waals surface area contributed by atoms with Crippen molar-refractivity contribution in [2.45, 2.75) is 19.4 Å². The summed E-state index contributed by atoms with van der Waals surface area (Å²) in [6.07, 6.45) is -0.0166. The number of nitrogens with zero attached hydrogens (tertiary/aromatic N) is 2. The number of halogens is 1. The molecule has 132 valence electrons. The van der Waals surface area contributed by atoms with Crippen LogP contribution < -0.4 is 14.8 Å². The molecule has 2 heterocycles. The molecule has 24 heavy (non-hydrogen) atoms. The van der Waals surface area contributed by atoms with Gasteiger partial charge in [-0.3, -0.25) is 14.9 Å². The molecule has 8 nitrogen and oxygen atoms in total. The number of hydrogen-bond donors (Lipinski definition) is 1. The highest BCUT2D eigenvalue weighted by molar-refractivity contribution is 5.85. The van der Waals surface area contributed by atoms with Gasteiger partial charge in [-0.2, -0.15) is 0 Å². The summed E-state index contributed by atoms with van der Waals surface area (Å²) in [6.45, 7) is 4.79. The molecule has 1 atom stereocenters. The van der Waals surface area contributed by atoms with Crippen LogP contribution in [0.2, 0.25) is 0 Å². The van der Waals surface area contributed by atoms with Gasteiger partial charge in [-0.25, -0.2) is 0 Å². The fourth-order valence-electron chi connectivity index (χ4n) is 2.91. The van der Waals surface area contributed by atoms with Crippen molar-refractivity contribution >= 4 is 24.0 Å². The topological polar surface area (TPSA) is 93.9 Å². The standard InChI is InChI=1S/C15H19N3O5.ClH/c1-10-9-16-2-3-17(10)15(19)7-11-6-13-14(23-5-4-22-13)8-12(11)18(20)21;/h6,8,10,16H,2-5,7,9H2,1H3;1H/t10-;/m0./s1. The lowest BCUT2D eigenvalue weighted by molar-refractivity contribution is -0.385. The Hall–Kier alpha value is -2.06. The maximum absolute atomic E-state index is 12.5. The Bertz CT molecular complexity index is 640. The second-order valence-electron chi connectivity index (χ2n) is 5.70.